The molecule has 2 N–H and O–H groups in total. The first-order valence-corrected chi connectivity index (χ1v) is 11.5. The number of piperidine rings is 1. The molecule has 0 amide bonds. The highest BCUT2D eigenvalue weighted by Crippen LogP contribution is 2.38. The topological polar surface area (TPSA) is 79.7 Å². The van der Waals surface area contributed by atoms with E-state index in [-0.39, 0.29) is 18.3 Å². The van der Waals surface area contributed by atoms with Crippen LogP contribution in [0.3, 0.4) is 0 Å². The van der Waals surface area contributed by atoms with Crippen molar-refractivity contribution in [1.82, 2.24) is 14.5 Å². The summed E-state index contributed by atoms with van der Waals surface area (Å²) in [6.45, 7) is 4.11. The van der Waals surface area contributed by atoms with Gasteiger partial charge < -0.3 is 24.5 Å². The molecule has 3 heterocycles. The molecule has 2 atom stereocenters. The second kappa shape index (κ2) is 8.30. The third-order valence-corrected chi connectivity index (χ3v) is 6.97. The highest BCUT2D eigenvalue weighted by atomic mass is 35.5. The number of rotatable bonds is 4. The Balaban J connectivity index is 1.24. The lowest BCUT2D eigenvalue weighted by Crippen LogP contribution is -2.56. The normalized spacial score (nSPS) is 22.9. The summed E-state index contributed by atoms with van der Waals surface area (Å²) in [5.74, 6) is 1.17. The summed E-state index contributed by atoms with van der Waals surface area (Å²) in [5.41, 5.74) is 0.638. The molecule has 7 nitrogen and oxygen atoms in total. The summed E-state index contributed by atoms with van der Waals surface area (Å²) in [7, 11) is 0. The van der Waals surface area contributed by atoms with E-state index in [4.69, 9.17) is 32.7 Å². The predicted octanol–water partition coefficient (Wildman–Crippen LogP) is 3.86. The summed E-state index contributed by atoms with van der Waals surface area (Å²) >= 11 is 12.1. The van der Waals surface area contributed by atoms with Crippen LogP contribution in [0.1, 0.15) is 25.8 Å². The summed E-state index contributed by atoms with van der Waals surface area (Å²) in [6.07, 6.45) is 0.882. The number of hydrogen-bond donors (Lipinski definition) is 2. The maximum atomic E-state index is 12.6. The molecule has 3 aromatic rings. The highest BCUT2D eigenvalue weighted by Gasteiger charge is 2.41. The maximum Gasteiger partial charge on any atom is 0.326 e. The Bertz CT molecular complexity index is 1200. The van der Waals surface area contributed by atoms with Gasteiger partial charge in [0.2, 0.25) is 0 Å². The number of aromatic nitrogens is 2. The molecular formula is C23H25Cl2N3O4. The van der Waals surface area contributed by atoms with Gasteiger partial charge in [-0.25, -0.2) is 4.79 Å². The van der Waals surface area contributed by atoms with Gasteiger partial charge in [0.1, 0.15) is 12.7 Å². The van der Waals surface area contributed by atoms with E-state index in [0.29, 0.717) is 28.1 Å². The van der Waals surface area contributed by atoms with Crippen molar-refractivity contribution in [2.45, 2.75) is 37.5 Å². The van der Waals surface area contributed by atoms with E-state index in [1.807, 2.05) is 17.6 Å². The van der Waals surface area contributed by atoms with Crippen LogP contribution in [0.4, 0.5) is 0 Å². The van der Waals surface area contributed by atoms with Crippen LogP contribution < -0.4 is 15.2 Å². The highest BCUT2D eigenvalue weighted by molar-refractivity contribution is 6.31. The first-order chi connectivity index (χ1) is 15.3. The number of aliphatic hydroxyl groups excluding tert-OH is 1. The second-order valence-electron chi connectivity index (χ2n) is 8.80. The van der Waals surface area contributed by atoms with E-state index in [9.17, 15) is 9.90 Å². The van der Waals surface area contributed by atoms with Gasteiger partial charge in [0, 0.05) is 41.8 Å². The van der Waals surface area contributed by atoms with E-state index in [1.54, 1.807) is 30.3 Å². The molecule has 170 valence electrons. The van der Waals surface area contributed by atoms with Crippen molar-refractivity contribution in [3.05, 3.63) is 56.9 Å². The van der Waals surface area contributed by atoms with Crippen LogP contribution in [0.2, 0.25) is 10.0 Å². The van der Waals surface area contributed by atoms with Crippen molar-refractivity contribution in [3.63, 3.8) is 0 Å². The standard InChI is InChI=1S/C23H25Cl2N3O4/c1-23(13-31-19-5-3-15(25)11-20(19)32-23)21(29)12-27-8-6-16(7-9-27)28-18-4-2-14(24)10-17(18)26-22(28)30/h2-5,10-11,16,21,29H,6-9,12-13H2,1H3,(H,26,30). The average Bonchev–Trinajstić information content (AvgIpc) is 3.08. The van der Waals surface area contributed by atoms with E-state index < -0.39 is 11.7 Å². The number of imidazole rings is 1. The molecule has 0 spiro atoms. The molecule has 2 aromatic carbocycles. The zero-order valence-electron chi connectivity index (χ0n) is 17.7. The van der Waals surface area contributed by atoms with Gasteiger partial charge >= 0.3 is 5.69 Å². The van der Waals surface area contributed by atoms with Crippen LogP contribution in [0, 0.1) is 0 Å². The number of halogens is 2. The fraction of sp³-hybridized carbons (Fsp3) is 0.435. The SMILES string of the molecule is CC1(C(O)CN2CCC(n3c(=O)[nH]c4cc(Cl)ccc43)CC2)COc2ccc(Cl)cc2O1. The number of benzene rings is 2. The number of nitrogens with zero attached hydrogens (tertiary/aromatic N) is 2. The molecule has 2 aliphatic rings. The molecule has 9 heteroatoms. The molecule has 1 fully saturated rings. The summed E-state index contributed by atoms with van der Waals surface area (Å²) in [5, 5.41) is 12.1. The Labute approximate surface area is 195 Å². The number of ether oxygens (including phenoxy) is 2. The fourth-order valence-corrected chi connectivity index (χ4v) is 4.94. The van der Waals surface area contributed by atoms with Crippen molar-refractivity contribution in [3.8, 4) is 11.5 Å². The zero-order chi connectivity index (χ0) is 22.5. The van der Waals surface area contributed by atoms with Gasteiger partial charge in [-0.15, -0.1) is 0 Å². The monoisotopic (exact) mass is 477 g/mol. The van der Waals surface area contributed by atoms with E-state index in [1.165, 1.54) is 0 Å². The molecule has 1 aromatic heterocycles. The molecule has 0 aliphatic carbocycles. The van der Waals surface area contributed by atoms with Gasteiger partial charge in [-0.1, -0.05) is 23.2 Å². The smallest absolute Gasteiger partial charge is 0.326 e. The minimum atomic E-state index is -0.873. The summed E-state index contributed by atoms with van der Waals surface area (Å²) in [6, 6.07) is 10.8. The number of H-pyrrole nitrogens is 1. The first-order valence-electron chi connectivity index (χ1n) is 10.7. The minimum Gasteiger partial charge on any atom is -0.485 e. The minimum absolute atomic E-state index is 0.102. The second-order valence-corrected chi connectivity index (χ2v) is 9.68. The number of fused-ring (bicyclic) bond motifs is 2. The van der Waals surface area contributed by atoms with Gasteiger partial charge in [-0.2, -0.15) is 0 Å². The number of hydrogen-bond acceptors (Lipinski definition) is 5. The Morgan fingerprint density at radius 2 is 1.88 bits per heavy atom. The van der Waals surface area contributed by atoms with Crippen LogP contribution in [0.15, 0.2) is 41.2 Å². The van der Waals surface area contributed by atoms with Gasteiger partial charge in [-0.05, 0) is 50.1 Å². The quantitative estimate of drug-likeness (QED) is 0.596. The van der Waals surface area contributed by atoms with Crippen molar-refractivity contribution in [2.75, 3.05) is 26.2 Å². The molecule has 2 unspecified atom stereocenters. The Morgan fingerprint density at radius 1 is 1.16 bits per heavy atom. The van der Waals surface area contributed by atoms with Gasteiger partial charge in [-0.3, -0.25) is 4.57 Å². The van der Waals surface area contributed by atoms with Crippen LogP contribution in [0.5, 0.6) is 11.5 Å². The van der Waals surface area contributed by atoms with Gasteiger partial charge in [0.05, 0.1) is 11.0 Å². The molecule has 0 radical (unpaired) electrons. The van der Waals surface area contributed by atoms with Crippen molar-refractivity contribution >= 4 is 34.2 Å². The molecule has 2 aliphatic heterocycles. The zero-order valence-corrected chi connectivity index (χ0v) is 19.2. The Hall–Kier alpha value is -2.19. The van der Waals surface area contributed by atoms with Crippen molar-refractivity contribution in [2.24, 2.45) is 0 Å². The maximum absolute atomic E-state index is 12.6. The number of aliphatic hydroxyl groups is 1. The molecular weight excluding hydrogens is 453 g/mol. The van der Waals surface area contributed by atoms with Crippen LogP contribution in [0.25, 0.3) is 11.0 Å². The largest absolute Gasteiger partial charge is 0.485 e. The van der Waals surface area contributed by atoms with Crippen molar-refractivity contribution < 1.29 is 14.6 Å². The lowest BCUT2D eigenvalue weighted by atomic mass is 9.96. The van der Waals surface area contributed by atoms with Gasteiger partial charge in [0.15, 0.2) is 17.1 Å². The van der Waals surface area contributed by atoms with E-state index in [0.717, 1.165) is 37.0 Å². The molecule has 0 saturated carbocycles. The first kappa shape index (κ1) is 21.6. The van der Waals surface area contributed by atoms with Crippen LogP contribution in [-0.2, 0) is 0 Å². The van der Waals surface area contributed by atoms with Crippen LogP contribution in [-0.4, -0.2) is 57.5 Å². The number of β-amino-alcohol motifs (C(OH)–C–C–N with tert-alkyl or cyclic N) is 1. The predicted molar refractivity (Wildman–Crippen MR) is 124 cm³/mol. The Morgan fingerprint density at radius 3 is 2.66 bits per heavy atom. The fourth-order valence-electron chi connectivity index (χ4n) is 4.61. The summed E-state index contributed by atoms with van der Waals surface area (Å²) < 4.78 is 13.8. The van der Waals surface area contributed by atoms with Gasteiger partial charge in [0.25, 0.3) is 0 Å². The molecule has 32 heavy (non-hydrogen) atoms. The average molecular weight is 478 g/mol. The van der Waals surface area contributed by atoms with E-state index in [2.05, 4.69) is 9.88 Å². The summed E-state index contributed by atoms with van der Waals surface area (Å²) in [4.78, 5) is 17.7. The lowest BCUT2D eigenvalue weighted by Gasteiger charge is -2.41. The molecule has 5 rings (SSSR count). The third-order valence-electron chi connectivity index (χ3n) is 6.50. The lowest BCUT2D eigenvalue weighted by molar-refractivity contribution is -0.0952. The number of aromatic amines is 1. The van der Waals surface area contributed by atoms with Crippen molar-refractivity contribution in [1.29, 1.82) is 0 Å². The third kappa shape index (κ3) is 3.99. The number of likely N-dealkylation sites (tertiary alicyclic amines) is 1. The van der Waals surface area contributed by atoms with Crippen LogP contribution >= 0.6 is 23.2 Å². The van der Waals surface area contributed by atoms with E-state index >= 15 is 0 Å². The molecule has 1 saturated heterocycles. The molecule has 0 bridgehead atoms. The number of nitrogens with one attached hydrogen (secondary N) is 1. The Kier molecular flexibility index (Phi) is 5.61.